The maximum Gasteiger partial charge on any atom is 0.146 e. The van der Waals surface area contributed by atoms with Crippen molar-refractivity contribution < 1.29 is 13.5 Å². The molecular weight excluding hydrogens is 361 g/mol. The van der Waals surface area contributed by atoms with Crippen molar-refractivity contribution in [3.05, 3.63) is 50.6 Å². The molecule has 0 aliphatic rings. The molecule has 0 fully saturated rings. The summed E-state index contributed by atoms with van der Waals surface area (Å²) in [6.45, 7) is 5.81. The Labute approximate surface area is 136 Å². The van der Waals surface area contributed by atoms with Crippen LogP contribution in [0.2, 0.25) is 5.02 Å². The van der Waals surface area contributed by atoms with Crippen molar-refractivity contribution in [1.29, 1.82) is 0 Å². The van der Waals surface area contributed by atoms with E-state index >= 15 is 0 Å². The summed E-state index contributed by atoms with van der Waals surface area (Å²) < 4.78 is 25.3. The summed E-state index contributed by atoms with van der Waals surface area (Å²) in [6.07, 6.45) is 0. The molecule has 0 radical (unpaired) electrons. The molecule has 1 N–H and O–H groups in total. The minimum absolute atomic E-state index is 0.0518. The third-order valence-corrected chi connectivity index (χ3v) is 3.86. The van der Waals surface area contributed by atoms with Gasteiger partial charge in [-0.2, -0.15) is 0 Å². The lowest BCUT2D eigenvalue weighted by Crippen LogP contribution is -2.11. The van der Waals surface area contributed by atoms with Gasteiger partial charge >= 0.3 is 0 Å². The molecule has 21 heavy (non-hydrogen) atoms. The van der Waals surface area contributed by atoms with Crippen LogP contribution in [0.3, 0.4) is 0 Å². The quantitative estimate of drug-likeness (QED) is 0.733. The molecule has 2 rings (SSSR count). The Bertz CT molecular complexity index is 630. The van der Waals surface area contributed by atoms with Gasteiger partial charge in [0.2, 0.25) is 0 Å². The van der Waals surface area contributed by atoms with Gasteiger partial charge in [-0.3, -0.25) is 0 Å². The van der Waals surface area contributed by atoms with Gasteiger partial charge in [0.05, 0.1) is 16.0 Å². The summed E-state index contributed by atoms with van der Waals surface area (Å²) in [6, 6.07) is 4.64. The fraction of sp³-hybridized carbons (Fsp3) is 0.333. The highest BCUT2D eigenvalue weighted by atomic mass is 79.9. The minimum atomic E-state index is -0.515. The van der Waals surface area contributed by atoms with Crippen molar-refractivity contribution in [3.8, 4) is 5.75 Å². The normalized spacial score (nSPS) is 10.9. The average Bonchev–Trinajstić information content (AvgIpc) is 2.79. The van der Waals surface area contributed by atoms with E-state index in [-0.39, 0.29) is 11.6 Å². The lowest BCUT2D eigenvalue weighted by atomic mass is 10.2. The zero-order chi connectivity index (χ0) is 15.4. The summed E-state index contributed by atoms with van der Waals surface area (Å²) in [5.41, 5.74) is 1.07. The van der Waals surface area contributed by atoms with E-state index in [9.17, 15) is 4.39 Å². The van der Waals surface area contributed by atoms with Gasteiger partial charge < -0.3 is 14.5 Å². The first kappa shape index (κ1) is 16.3. The van der Waals surface area contributed by atoms with Crippen LogP contribution in [0.1, 0.15) is 24.0 Å². The van der Waals surface area contributed by atoms with E-state index in [0.29, 0.717) is 22.5 Å². The van der Waals surface area contributed by atoms with Gasteiger partial charge in [-0.05, 0) is 47.1 Å². The van der Waals surface area contributed by atoms with Gasteiger partial charge in [-0.25, -0.2) is 4.39 Å². The van der Waals surface area contributed by atoms with Gasteiger partial charge in [0.25, 0.3) is 0 Å². The number of benzene rings is 1. The standard InChI is InChI=1S/C15H16BrClFNO2/c1-3-19-7-15-9(2)4-10(21-15)8-20-14-6-13(18)12(17)5-11(14)16/h4-6,19H,3,7-8H2,1-2H3. The van der Waals surface area contributed by atoms with Crippen LogP contribution in [-0.4, -0.2) is 6.54 Å². The summed E-state index contributed by atoms with van der Waals surface area (Å²) in [4.78, 5) is 0. The van der Waals surface area contributed by atoms with E-state index in [1.54, 1.807) is 0 Å². The molecule has 1 aromatic carbocycles. The third-order valence-electron chi connectivity index (χ3n) is 2.95. The van der Waals surface area contributed by atoms with Gasteiger partial charge in [0.15, 0.2) is 0 Å². The molecule has 0 bridgehead atoms. The van der Waals surface area contributed by atoms with Crippen LogP contribution in [0.4, 0.5) is 4.39 Å². The fourth-order valence-corrected chi connectivity index (χ4v) is 2.59. The third kappa shape index (κ3) is 4.22. The molecule has 0 spiro atoms. The van der Waals surface area contributed by atoms with Gasteiger partial charge in [-0.1, -0.05) is 18.5 Å². The number of hydrogen-bond acceptors (Lipinski definition) is 3. The predicted molar refractivity (Wildman–Crippen MR) is 84.3 cm³/mol. The topological polar surface area (TPSA) is 34.4 Å². The van der Waals surface area contributed by atoms with E-state index < -0.39 is 5.82 Å². The summed E-state index contributed by atoms with van der Waals surface area (Å²) in [7, 11) is 0. The second kappa shape index (κ2) is 7.29. The van der Waals surface area contributed by atoms with Crippen molar-refractivity contribution >= 4 is 27.5 Å². The molecule has 2 aromatic rings. The molecular formula is C15H16BrClFNO2. The van der Waals surface area contributed by atoms with E-state index in [1.807, 2.05) is 19.9 Å². The van der Waals surface area contributed by atoms with Crippen LogP contribution in [0.15, 0.2) is 27.1 Å². The summed E-state index contributed by atoms with van der Waals surface area (Å²) >= 11 is 8.98. The Balaban J connectivity index is 2.05. The predicted octanol–water partition coefficient (Wildman–Crippen LogP) is 4.83. The number of furan rings is 1. The van der Waals surface area contributed by atoms with Crippen LogP contribution in [0, 0.1) is 12.7 Å². The molecule has 114 valence electrons. The monoisotopic (exact) mass is 375 g/mol. The lowest BCUT2D eigenvalue weighted by Gasteiger charge is -2.07. The Morgan fingerprint density at radius 1 is 1.38 bits per heavy atom. The first-order valence-electron chi connectivity index (χ1n) is 6.57. The van der Waals surface area contributed by atoms with E-state index in [0.717, 1.165) is 17.9 Å². The second-order valence-electron chi connectivity index (χ2n) is 4.58. The van der Waals surface area contributed by atoms with E-state index in [4.69, 9.17) is 20.8 Å². The molecule has 0 atom stereocenters. The maximum atomic E-state index is 13.4. The number of nitrogens with one attached hydrogen (secondary N) is 1. The molecule has 3 nitrogen and oxygen atoms in total. The molecule has 1 aromatic heterocycles. The molecule has 6 heteroatoms. The van der Waals surface area contributed by atoms with Crippen molar-refractivity contribution in [1.82, 2.24) is 5.32 Å². The fourth-order valence-electron chi connectivity index (χ4n) is 1.84. The highest BCUT2D eigenvalue weighted by Crippen LogP contribution is 2.31. The Hall–Kier alpha value is -1.04. The smallest absolute Gasteiger partial charge is 0.146 e. The first-order chi connectivity index (χ1) is 10.0. The van der Waals surface area contributed by atoms with Crippen LogP contribution in [0.5, 0.6) is 5.75 Å². The zero-order valence-electron chi connectivity index (χ0n) is 11.8. The van der Waals surface area contributed by atoms with E-state index in [1.165, 1.54) is 12.1 Å². The molecule has 0 aliphatic heterocycles. The van der Waals surface area contributed by atoms with Crippen molar-refractivity contribution in [2.24, 2.45) is 0 Å². The highest BCUT2D eigenvalue weighted by molar-refractivity contribution is 9.10. The minimum Gasteiger partial charge on any atom is -0.484 e. The van der Waals surface area contributed by atoms with Gasteiger partial charge in [0.1, 0.15) is 29.7 Å². The van der Waals surface area contributed by atoms with Gasteiger partial charge in [0, 0.05) is 6.07 Å². The summed E-state index contributed by atoms with van der Waals surface area (Å²) in [5.74, 6) is 1.46. The Morgan fingerprint density at radius 2 is 2.14 bits per heavy atom. The molecule has 0 saturated carbocycles. The Morgan fingerprint density at radius 3 is 2.86 bits per heavy atom. The molecule has 0 unspecified atom stereocenters. The van der Waals surface area contributed by atoms with Gasteiger partial charge in [-0.15, -0.1) is 0 Å². The van der Waals surface area contributed by atoms with Crippen molar-refractivity contribution in [3.63, 3.8) is 0 Å². The van der Waals surface area contributed by atoms with Crippen molar-refractivity contribution in [2.45, 2.75) is 27.0 Å². The highest BCUT2D eigenvalue weighted by Gasteiger charge is 2.11. The zero-order valence-corrected chi connectivity index (χ0v) is 14.1. The first-order valence-corrected chi connectivity index (χ1v) is 7.74. The molecule has 0 saturated heterocycles. The van der Waals surface area contributed by atoms with Crippen LogP contribution in [0.25, 0.3) is 0 Å². The molecule has 1 heterocycles. The Kier molecular flexibility index (Phi) is 5.67. The molecule has 0 aliphatic carbocycles. The van der Waals surface area contributed by atoms with Crippen LogP contribution in [-0.2, 0) is 13.2 Å². The second-order valence-corrected chi connectivity index (χ2v) is 5.85. The largest absolute Gasteiger partial charge is 0.484 e. The number of rotatable bonds is 6. The van der Waals surface area contributed by atoms with Crippen LogP contribution < -0.4 is 10.1 Å². The number of ether oxygens (including phenoxy) is 1. The number of halogens is 3. The lowest BCUT2D eigenvalue weighted by molar-refractivity contribution is 0.262. The number of hydrogen-bond donors (Lipinski definition) is 1. The van der Waals surface area contributed by atoms with Crippen LogP contribution >= 0.6 is 27.5 Å². The molecule has 0 amide bonds. The van der Waals surface area contributed by atoms with Crippen molar-refractivity contribution in [2.75, 3.05) is 6.54 Å². The summed E-state index contributed by atoms with van der Waals surface area (Å²) in [5, 5.41) is 3.26. The number of aryl methyl sites for hydroxylation is 1. The SMILES string of the molecule is CCNCc1oc(COc2cc(F)c(Cl)cc2Br)cc1C. The van der Waals surface area contributed by atoms with E-state index in [2.05, 4.69) is 21.2 Å². The maximum absolute atomic E-state index is 13.4. The average molecular weight is 377 g/mol.